The van der Waals surface area contributed by atoms with Crippen LogP contribution in [-0.2, 0) is 12.8 Å². The van der Waals surface area contributed by atoms with Crippen LogP contribution in [0.2, 0.25) is 0 Å². The lowest BCUT2D eigenvalue weighted by Crippen LogP contribution is -2.18. The third-order valence-electron chi connectivity index (χ3n) is 2.46. The van der Waals surface area contributed by atoms with Crippen LogP contribution in [0.25, 0.3) is 0 Å². The van der Waals surface area contributed by atoms with E-state index in [-0.39, 0.29) is 5.56 Å². The summed E-state index contributed by atoms with van der Waals surface area (Å²) in [4.78, 5) is 18.7. The SMILES string of the molecule is CCCc1cnc(CCCNCC)[nH]c1=O. The summed E-state index contributed by atoms with van der Waals surface area (Å²) in [5.74, 6) is 0.794. The van der Waals surface area contributed by atoms with Crippen molar-refractivity contribution in [1.29, 1.82) is 0 Å². The molecule has 1 aromatic rings. The van der Waals surface area contributed by atoms with E-state index < -0.39 is 0 Å². The second kappa shape index (κ2) is 7.17. The first-order chi connectivity index (χ1) is 7.77. The fraction of sp³-hybridized carbons (Fsp3) is 0.667. The molecule has 0 amide bonds. The molecular weight excluding hydrogens is 202 g/mol. The number of rotatable bonds is 7. The molecule has 0 spiro atoms. The Hall–Kier alpha value is -1.16. The van der Waals surface area contributed by atoms with Gasteiger partial charge in [0.1, 0.15) is 5.82 Å². The van der Waals surface area contributed by atoms with Crippen LogP contribution in [0.4, 0.5) is 0 Å². The van der Waals surface area contributed by atoms with E-state index in [4.69, 9.17) is 0 Å². The average molecular weight is 223 g/mol. The third kappa shape index (κ3) is 4.14. The largest absolute Gasteiger partial charge is 0.317 e. The van der Waals surface area contributed by atoms with Gasteiger partial charge in [-0.2, -0.15) is 0 Å². The van der Waals surface area contributed by atoms with Gasteiger partial charge >= 0.3 is 0 Å². The summed E-state index contributed by atoms with van der Waals surface area (Å²) in [6.45, 7) is 6.10. The van der Waals surface area contributed by atoms with Crippen LogP contribution in [0.5, 0.6) is 0 Å². The van der Waals surface area contributed by atoms with Crippen molar-refractivity contribution in [2.75, 3.05) is 13.1 Å². The summed E-state index contributed by atoms with van der Waals surface area (Å²) in [5, 5.41) is 3.25. The van der Waals surface area contributed by atoms with E-state index in [1.807, 2.05) is 0 Å². The van der Waals surface area contributed by atoms with Crippen molar-refractivity contribution >= 4 is 0 Å². The Morgan fingerprint density at radius 2 is 2.19 bits per heavy atom. The first-order valence-electron chi connectivity index (χ1n) is 6.05. The second-order valence-electron chi connectivity index (χ2n) is 3.89. The first-order valence-corrected chi connectivity index (χ1v) is 6.05. The molecule has 1 rings (SSSR count). The Morgan fingerprint density at radius 3 is 2.81 bits per heavy atom. The van der Waals surface area contributed by atoms with Crippen LogP contribution in [0.3, 0.4) is 0 Å². The predicted molar refractivity (Wildman–Crippen MR) is 65.7 cm³/mol. The average Bonchev–Trinajstić information content (AvgIpc) is 2.28. The van der Waals surface area contributed by atoms with Crippen molar-refractivity contribution < 1.29 is 0 Å². The molecule has 0 aliphatic rings. The van der Waals surface area contributed by atoms with Gasteiger partial charge in [-0.25, -0.2) is 4.98 Å². The molecule has 90 valence electrons. The molecule has 2 N–H and O–H groups in total. The highest BCUT2D eigenvalue weighted by atomic mass is 16.1. The molecule has 0 saturated heterocycles. The van der Waals surface area contributed by atoms with E-state index in [1.165, 1.54) is 0 Å². The standard InChI is InChI=1S/C12H21N3O/c1-3-6-10-9-14-11(15-12(10)16)7-5-8-13-4-2/h9,13H,3-8H2,1-2H3,(H,14,15,16). The van der Waals surface area contributed by atoms with Gasteiger partial charge in [-0.15, -0.1) is 0 Å². The fourth-order valence-corrected chi connectivity index (χ4v) is 1.59. The van der Waals surface area contributed by atoms with Crippen LogP contribution in [0.1, 0.15) is 38.1 Å². The topological polar surface area (TPSA) is 57.8 Å². The van der Waals surface area contributed by atoms with Crippen molar-refractivity contribution in [3.63, 3.8) is 0 Å². The first kappa shape index (κ1) is 12.9. The zero-order valence-electron chi connectivity index (χ0n) is 10.2. The van der Waals surface area contributed by atoms with Crippen LogP contribution in [0.15, 0.2) is 11.0 Å². The monoisotopic (exact) mass is 223 g/mol. The van der Waals surface area contributed by atoms with Gasteiger partial charge in [-0.3, -0.25) is 4.79 Å². The van der Waals surface area contributed by atoms with E-state index >= 15 is 0 Å². The van der Waals surface area contributed by atoms with E-state index in [0.29, 0.717) is 0 Å². The fourth-order valence-electron chi connectivity index (χ4n) is 1.59. The predicted octanol–water partition coefficient (Wildman–Crippen LogP) is 1.26. The highest BCUT2D eigenvalue weighted by molar-refractivity contribution is 5.05. The summed E-state index contributed by atoms with van der Waals surface area (Å²) < 4.78 is 0. The zero-order chi connectivity index (χ0) is 11.8. The van der Waals surface area contributed by atoms with Crippen LogP contribution < -0.4 is 10.9 Å². The number of aromatic nitrogens is 2. The Kier molecular flexibility index (Phi) is 5.78. The number of aryl methyl sites for hydroxylation is 2. The molecule has 0 unspecified atom stereocenters. The van der Waals surface area contributed by atoms with Crippen molar-refractivity contribution in [3.05, 3.63) is 27.9 Å². The minimum absolute atomic E-state index is 0.0234. The minimum atomic E-state index is 0.0234. The number of aromatic amines is 1. The molecule has 1 aromatic heterocycles. The lowest BCUT2D eigenvalue weighted by atomic mass is 10.2. The molecule has 0 atom stereocenters. The van der Waals surface area contributed by atoms with Gasteiger partial charge in [0.25, 0.3) is 5.56 Å². The van der Waals surface area contributed by atoms with Crippen LogP contribution >= 0.6 is 0 Å². The lowest BCUT2D eigenvalue weighted by molar-refractivity contribution is 0.656. The van der Waals surface area contributed by atoms with Gasteiger partial charge < -0.3 is 10.3 Å². The van der Waals surface area contributed by atoms with Crippen molar-refractivity contribution in [2.45, 2.75) is 39.5 Å². The van der Waals surface area contributed by atoms with Gasteiger partial charge in [0.05, 0.1) is 0 Å². The zero-order valence-corrected chi connectivity index (χ0v) is 10.2. The Bertz CT molecular complexity index is 360. The van der Waals surface area contributed by atoms with Gasteiger partial charge in [0, 0.05) is 18.2 Å². The number of hydrogen-bond acceptors (Lipinski definition) is 3. The number of nitrogens with one attached hydrogen (secondary N) is 2. The molecule has 0 aliphatic heterocycles. The maximum Gasteiger partial charge on any atom is 0.254 e. The van der Waals surface area contributed by atoms with E-state index in [1.54, 1.807) is 6.20 Å². The molecule has 0 saturated carbocycles. The Balaban J connectivity index is 2.49. The summed E-state index contributed by atoms with van der Waals surface area (Å²) in [6, 6.07) is 0. The van der Waals surface area contributed by atoms with Crippen LogP contribution in [-0.4, -0.2) is 23.1 Å². The van der Waals surface area contributed by atoms with Crippen LogP contribution in [0, 0.1) is 0 Å². The quantitative estimate of drug-likeness (QED) is 0.684. The normalized spacial score (nSPS) is 10.6. The summed E-state index contributed by atoms with van der Waals surface area (Å²) in [5.41, 5.74) is 0.813. The van der Waals surface area contributed by atoms with Gasteiger partial charge in [-0.05, 0) is 25.9 Å². The van der Waals surface area contributed by atoms with E-state index in [0.717, 1.165) is 50.2 Å². The van der Waals surface area contributed by atoms with Gasteiger partial charge in [0.2, 0.25) is 0 Å². The van der Waals surface area contributed by atoms with E-state index in [9.17, 15) is 4.79 Å². The summed E-state index contributed by atoms with van der Waals surface area (Å²) in [6.07, 6.45) is 5.33. The van der Waals surface area contributed by atoms with Crippen molar-refractivity contribution in [2.24, 2.45) is 0 Å². The smallest absolute Gasteiger partial charge is 0.254 e. The van der Waals surface area contributed by atoms with E-state index in [2.05, 4.69) is 29.1 Å². The second-order valence-corrected chi connectivity index (χ2v) is 3.89. The molecule has 0 fully saturated rings. The number of hydrogen-bond donors (Lipinski definition) is 2. The minimum Gasteiger partial charge on any atom is -0.317 e. The number of nitrogens with zero attached hydrogens (tertiary/aromatic N) is 1. The van der Waals surface area contributed by atoms with Gasteiger partial charge in [-0.1, -0.05) is 20.3 Å². The lowest BCUT2D eigenvalue weighted by Gasteiger charge is -2.03. The molecular formula is C12H21N3O. The summed E-state index contributed by atoms with van der Waals surface area (Å²) in [7, 11) is 0. The maximum atomic E-state index is 11.6. The Labute approximate surface area is 96.5 Å². The molecule has 0 bridgehead atoms. The molecule has 4 nitrogen and oxygen atoms in total. The molecule has 16 heavy (non-hydrogen) atoms. The molecule has 0 aliphatic carbocycles. The highest BCUT2D eigenvalue weighted by Gasteiger charge is 2.01. The molecule has 0 radical (unpaired) electrons. The Morgan fingerprint density at radius 1 is 1.38 bits per heavy atom. The number of H-pyrrole nitrogens is 1. The molecule has 0 aromatic carbocycles. The highest BCUT2D eigenvalue weighted by Crippen LogP contribution is 1.96. The third-order valence-corrected chi connectivity index (χ3v) is 2.46. The summed E-state index contributed by atoms with van der Waals surface area (Å²) >= 11 is 0. The maximum absolute atomic E-state index is 11.6. The van der Waals surface area contributed by atoms with Crippen molar-refractivity contribution in [1.82, 2.24) is 15.3 Å². The molecule has 4 heteroatoms. The van der Waals surface area contributed by atoms with Crippen molar-refractivity contribution in [3.8, 4) is 0 Å². The van der Waals surface area contributed by atoms with Gasteiger partial charge in [0.15, 0.2) is 0 Å². The molecule has 1 heterocycles.